The Morgan fingerprint density at radius 2 is 1.68 bits per heavy atom. The highest BCUT2D eigenvalue weighted by molar-refractivity contribution is 5.89. The van der Waals surface area contributed by atoms with E-state index in [1.54, 1.807) is 12.1 Å². The van der Waals surface area contributed by atoms with Gasteiger partial charge in [-0.2, -0.15) is 0 Å². The molecule has 1 aromatic heterocycles. The largest absolute Gasteiger partial charge is 0.493 e. The molecule has 0 radical (unpaired) electrons. The van der Waals surface area contributed by atoms with Crippen LogP contribution in [-0.2, 0) is 4.74 Å². The Morgan fingerprint density at radius 1 is 0.968 bits per heavy atom. The summed E-state index contributed by atoms with van der Waals surface area (Å²) in [5, 5.41) is 39.6. The van der Waals surface area contributed by atoms with Gasteiger partial charge >= 0.3 is 0 Å². The highest BCUT2D eigenvalue weighted by Crippen LogP contribution is 2.35. The van der Waals surface area contributed by atoms with Gasteiger partial charge < -0.3 is 39.1 Å². The van der Waals surface area contributed by atoms with E-state index in [-0.39, 0.29) is 16.7 Å². The van der Waals surface area contributed by atoms with Crippen molar-refractivity contribution >= 4 is 11.0 Å². The molecule has 9 nitrogen and oxygen atoms in total. The minimum Gasteiger partial charge on any atom is -0.493 e. The molecule has 4 N–H and O–H groups in total. The van der Waals surface area contributed by atoms with Crippen LogP contribution >= 0.6 is 0 Å². The lowest BCUT2D eigenvalue weighted by atomic mass is 9.99. The maximum absolute atomic E-state index is 13.0. The Kier molecular flexibility index (Phi) is 5.94. The molecule has 1 saturated heterocycles. The minimum absolute atomic E-state index is 0.0218. The Morgan fingerprint density at radius 3 is 2.35 bits per heavy atom. The highest BCUT2D eigenvalue weighted by atomic mass is 16.7. The quantitative estimate of drug-likeness (QED) is 0.459. The van der Waals surface area contributed by atoms with Gasteiger partial charge in [0.05, 0.1) is 13.7 Å². The summed E-state index contributed by atoms with van der Waals surface area (Å²) in [6.45, 7) is -0.600. The Bertz CT molecular complexity index is 1110. The summed E-state index contributed by atoms with van der Waals surface area (Å²) in [4.78, 5) is 13.0. The van der Waals surface area contributed by atoms with Crippen LogP contribution < -0.4 is 14.9 Å². The molecule has 2 aromatic carbocycles. The van der Waals surface area contributed by atoms with Gasteiger partial charge in [-0.25, -0.2) is 0 Å². The van der Waals surface area contributed by atoms with Crippen LogP contribution in [0.25, 0.3) is 22.3 Å². The average molecular weight is 430 g/mol. The predicted octanol–water partition coefficient (Wildman–Crippen LogP) is 0.647. The maximum Gasteiger partial charge on any atom is 0.229 e. The van der Waals surface area contributed by atoms with Crippen molar-refractivity contribution in [2.45, 2.75) is 30.7 Å². The molecule has 164 valence electrons. The van der Waals surface area contributed by atoms with E-state index in [0.717, 1.165) is 0 Å². The molecule has 4 rings (SSSR count). The molecular formula is C22H22O9. The molecule has 5 atom stereocenters. The number of ether oxygens (including phenoxy) is 3. The van der Waals surface area contributed by atoms with Crippen molar-refractivity contribution in [3.05, 3.63) is 58.8 Å². The van der Waals surface area contributed by atoms with E-state index >= 15 is 0 Å². The first-order valence-corrected chi connectivity index (χ1v) is 9.62. The van der Waals surface area contributed by atoms with Crippen LogP contribution in [0.1, 0.15) is 0 Å². The zero-order chi connectivity index (χ0) is 22.1. The van der Waals surface area contributed by atoms with Gasteiger partial charge in [0.15, 0.2) is 16.8 Å². The monoisotopic (exact) mass is 430 g/mol. The average Bonchev–Trinajstić information content (AvgIpc) is 2.79. The van der Waals surface area contributed by atoms with E-state index < -0.39 is 42.7 Å². The van der Waals surface area contributed by atoms with Crippen molar-refractivity contribution in [2.24, 2.45) is 0 Å². The summed E-state index contributed by atoms with van der Waals surface area (Å²) in [6, 6.07) is 13.4. The molecule has 0 amide bonds. The summed E-state index contributed by atoms with van der Waals surface area (Å²) in [7, 11) is 1.43. The second kappa shape index (κ2) is 8.66. The van der Waals surface area contributed by atoms with Gasteiger partial charge in [-0.15, -0.1) is 0 Å². The van der Waals surface area contributed by atoms with E-state index in [1.807, 2.05) is 18.2 Å². The first kappa shape index (κ1) is 21.3. The van der Waals surface area contributed by atoms with E-state index in [9.17, 15) is 25.2 Å². The predicted molar refractivity (Wildman–Crippen MR) is 109 cm³/mol. The summed E-state index contributed by atoms with van der Waals surface area (Å²) in [6.07, 6.45) is -7.34. The number of hydrogen-bond acceptors (Lipinski definition) is 9. The molecule has 1 aliphatic heterocycles. The fraction of sp³-hybridized carbons (Fsp3) is 0.318. The molecule has 0 unspecified atom stereocenters. The zero-order valence-electron chi connectivity index (χ0n) is 16.5. The van der Waals surface area contributed by atoms with Crippen molar-refractivity contribution in [1.82, 2.24) is 0 Å². The molecular weight excluding hydrogens is 408 g/mol. The van der Waals surface area contributed by atoms with Crippen LogP contribution in [0.15, 0.2) is 57.7 Å². The number of aliphatic hydroxyl groups excluding tert-OH is 4. The normalized spacial score (nSPS) is 26.0. The number of methoxy groups -OCH3 is 1. The van der Waals surface area contributed by atoms with Crippen LogP contribution in [0.4, 0.5) is 0 Å². The summed E-state index contributed by atoms with van der Waals surface area (Å²) in [5.41, 5.74) is 0.415. The highest BCUT2D eigenvalue weighted by Gasteiger charge is 2.45. The smallest absolute Gasteiger partial charge is 0.229 e. The lowest BCUT2D eigenvalue weighted by molar-refractivity contribution is -0.277. The van der Waals surface area contributed by atoms with Crippen molar-refractivity contribution in [3.63, 3.8) is 0 Å². The fourth-order valence-corrected chi connectivity index (χ4v) is 3.50. The third kappa shape index (κ3) is 3.89. The molecule has 9 heteroatoms. The topological polar surface area (TPSA) is 139 Å². The molecule has 1 fully saturated rings. The number of fused-ring (bicyclic) bond motifs is 1. The lowest BCUT2D eigenvalue weighted by Gasteiger charge is -2.39. The summed E-state index contributed by atoms with van der Waals surface area (Å²) < 4.78 is 22.3. The molecule has 0 spiro atoms. The number of benzene rings is 2. The molecule has 3 aromatic rings. The van der Waals surface area contributed by atoms with E-state index in [0.29, 0.717) is 17.1 Å². The second-order valence-corrected chi connectivity index (χ2v) is 7.13. The number of hydrogen-bond donors (Lipinski definition) is 4. The number of aliphatic hydroxyl groups is 4. The fourth-order valence-electron chi connectivity index (χ4n) is 3.50. The molecule has 2 heterocycles. The van der Waals surface area contributed by atoms with E-state index in [1.165, 1.54) is 25.3 Å². The van der Waals surface area contributed by atoms with Crippen molar-refractivity contribution < 1.29 is 39.1 Å². The van der Waals surface area contributed by atoms with Gasteiger partial charge in [-0.05, 0) is 12.1 Å². The third-order valence-corrected chi connectivity index (χ3v) is 5.17. The molecule has 1 aliphatic rings. The van der Waals surface area contributed by atoms with Crippen molar-refractivity contribution in [2.75, 3.05) is 13.7 Å². The Labute approximate surface area is 176 Å². The van der Waals surface area contributed by atoms with Crippen molar-refractivity contribution in [1.29, 1.82) is 0 Å². The first-order chi connectivity index (χ1) is 14.9. The van der Waals surface area contributed by atoms with Gasteiger partial charge in [0, 0.05) is 11.6 Å². The van der Waals surface area contributed by atoms with E-state index in [2.05, 4.69) is 0 Å². The minimum atomic E-state index is -1.62. The summed E-state index contributed by atoms with van der Waals surface area (Å²) >= 11 is 0. The van der Waals surface area contributed by atoms with Crippen LogP contribution in [0.3, 0.4) is 0 Å². The van der Waals surface area contributed by atoms with Crippen LogP contribution in [-0.4, -0.2) is 64.8 Å². The standard InChI is InChI=1S/C22H22O9/c1-28-14-8-7-13(30-22-20(27)19(26)18(25)16(10-23)31-22)17-12(24)9-15(29-21(14)17)11-5-3-2-4-6-11/h2-9,16,18-20,22-23,25-27H,10H2,1H3/t16-,18-,19+,20-,22-/m1/s1. The molecule has 0 bridgehead atoms. The number of rotatable bonds is 5. The van der Waals surface area contributed by atoms with Gasteiger partial charge in [-0.3, -0.25) is 4.79 Å². The first-order valence-electron chi connectivity index (χ1n) is 9.62. The summed E-state index contributed by atoms with van der Waals surface area (Å²) in [5.74, 6) is 0.654. The zero-order valence-corrected chi connectivity index (χ0v) is 16.5. The second-order valence-electron chi connectivity index (χ2n) is 7.13. The molecule has 0 aliphatic carbocycles. The maximum atomic E-state index is 13.0. The van der Waals surface area contributed by atoms with Crippen LogP contribution in [0.2, 0.25) is 0 Å². The molecule has 0 saturated carbocycles. The van der Waals surface area contributed by atoms with E-state index in [4.69, 9.17) is 18.6 Å². The van der Waals surface area contributed by atoms with Gasteiger partial charge in [0.2, 0.25) is 6.29 Å². The van der Waals surface area contributed by atoms with Gasteiger partial charge in [-0.1, -0.05) is 30.3 Å². The van der Waals surface area contributed by atoms with Crippen molar-refractivity contribution in [3.8, 4) is 22.8 Å². The van der Waals surface area contributed by atoms with Gasteiger partial charge in [0.25, 0.3) is 0 Å². The Hall–Kier alpha value is -2.95. The van der Waals surface area contributed by atoms with Crippen LogP contribution in [0, 0.1) is 0 Å². The van der Waals surface area contributed by atoms with Gasteiger partial charge in [0.1, 0.15) is 41.3 Å². The lowest BCUT2D eigenvalue weighted by Crippen LogP contribution is -2.60. The Balaban J connectivity index is 1.78. The van der Waals surface area contributed by atoms with Crippen LogP contribution in [0.5, 0.6) is 11.5 Å². The molecule has 31 heavy (non-hydrogen) atoms. The third-order valence-electron chi connectivity index (χ3n) is 5.17. The SMILES string of the molecule is COc1ccc(O[C@@H]2O[C@H](CO)[C@@H](O)[C@H](O)[C@H]2O)c2c(=O)cc(-c3ccccc3)oc12.